The number of rotatable bonds is 2. The lowest BCUT2D eigenvalue weighted by Gasteiger charge is -2.19. The minimum atomic E-state index is -0.568. The molecule has 0 atom stereocenters. The van der Waals surface area contributed by atoms with Crippen molar-refractivity contribution in [3.05, 3.63) is 77.2 Å². The maximum absolute atomic E-state index is 14.2. The average molecular weight is 363 g/mol. The van der Waals surface area contributed by atoms with Gasteiger partial charge in [0.15, 0.2) is 11.5 Å². The number of halogens is 2. The number of hydrogen-bond donors (Lipinski definition) is 0. The molecule has 0 fully saturated rings. The fourth-order valence-corrected chi connectivity index (χ4v) is 3.51. The highest BCUT2D eigenvalue weighted by atomic mass is 19.1. The normalized spacial score (nSPS) is 16.3. The molecule has 1 aliphatic carbocycles. The summed E-state index contributed by atoms with van der Waals surface area (Å²) in [5.41, 5.74) is 4.83. The molecule has 0 radical (unpaired) electrons. The minimum Gasteiger partial charge on any atom is -0.371 e. The second-order valence-electron chi connectivity index (χ2n) is 6.67. The first-order valence-corrected chi connectivity index (χ1v) is 8.60. The van der Waals surface area contributed by atoms with Gasteiger partial charge in [-0.15, -0.1) is 10.2 Å². The second-order valence-corrected chi connectivity index (χ2v) is 6.67. The van der Waals surface area contributed by atoms with E-state index in [-0.39, 0.29) is 11.4 Å². The second kappa shape index (κ2) is 5.84. The number of nitrogens with zero attached hydrogens (tertiary/aromatic N) is 5. The summed E-state index contributed by atoms with van der Waals surface area (Å²) in [4.78, 5) is 2.20. The van der Waals surface area contributed by atoms with Crippen LogP contribution in [0.1, 0.15) is 12.1 Å². The van der Waals surface area contributed by atoms with Crippen LogP contribution in [-0.2, 0) is 0 Å². The van der Waals surface area contributed by atoms with Crippen molar-refractivity contribution in [1.82, 2.24) is 24.7 Å². The molecule has 134 valence electrons. The molecule has 5 rings (SSSR count). The molecular formula is C20H15F2N5. The molecule has 3 aromatic rings. The molecule has 2 aromatic heterocycles. The van der Waals surface area contributed by atoms with Gasteiger partial charge in [0.05, 0.1) is 11.3 Å². The molecular weight excluding hydrogens is 348 g/mol. The maximum Gasteiger partial charge on any atom is 0.188 e. The smallest absolute Gasteiger partial charge is 0.188 e. The Morgan fingerprint density at radius 3 is 2.78 bits per heavy atom. The summed E-state index contributed by atoms with van der Waals surface area (Å²) in [6, 6.07) is 6.91. The minimum absolute atomic E-state index is 0.0343. The van der Waals surface area contributed by atoms with Crippen molar-refractivity contribution in [3.63, 3.8) is 0 Å². The molecule has 1 aromatic carbocycles. The Bertz CT molecular complexity index is 1170. The van der Waals surface area contributed by atoms with Gasteiger partial charge in [0.2, 0.25) is 0 Å². The molecule has 3 heterocycles. The number of aromatic nitrogens is 4. The van der Waals surface area contributed by atoms with Gasteiger partial charge in [-0.25, -0.2) is 8.78 Å². The van der Waals surface area contributed by atoms with Crippen LogP contribution in [0.15, 0.2) is 59.8 Å². The van der Waals surface area contributed by atoms with Crippen LogP contribution >= 0.6 is 0 Å². The summed E-state index contributed by atoms with van der Waals surface area (Å²) >= 11 is 0. The van der Waals surface area contributed by atoms with Gasteiger partial charge < -0.3 is 4.90 Å². The number of allylic oxidation sites excluding steroid dienone is 4. The molecule has 0 N–H and O–H groups in total. The van der Waals surface area contributed by atoms with E-state index >= 15 is 0 Å². The van der Waals surface area contributed by atoms with Crippen molar-refractivity contribution in [2.45, 2.75) is 6.42 Å². The highest BCUT2D eigenvalue weighted by molar-refractivity contribution is 5.72. The van der Waals surface area contributed by atoms with Crippen LogP contribution in [0.5, 0.6) is 0 Å². The van der Waals surface area contributed by atoms with Crippen LogP contribution in [0.3, 0.4) is 0 Å². The van der Waals surface area contributed by atoms with Crippen molar-refractivity contribution in [3.8, 4) is 11.4 Å². The Labute approximate surface area is 153 Å². The van der Waals surface area contributed by atoms with E-state index in [4.69, 9.17) is 0 Å². The SMILES string of the molecule is CN1CC=C2CC(c3ccc4nnc(-c5cc(F)ccc5F)n4n3)=CC=C21. The lowest BCUT2D eigenvalue weighted by molar-refractivity contribution is 0.495. The van der Waals surface area contributed by atoms with Crippen LogP contribution in [0.25, 0.3) is 22.6 Å². The number of fused-ring (bicyclic) bond motifs is 2. The van der Waals surface area contributed by atoms with Crippen molar-refractivity contribution in [1.29, 1.82) is 0 Å². The first-order valence-electron chi connectivity index (χ1n) is 8.60. The zero-order valence-electron chi connectivity index (χ0n) is 14.5. The summed E-state index contributed by atoms with van der Waals surface area (Å²) < 4.78 is 29.2. The lowest BCUT2D eigenvalue weighted by atomic mass is 9.96. The van der Waals surface area contributed by atoms with E-state index in [1.54, 1.807) is 6.07 Å². The van der Waals surface area contributed by atoms with Gasteiger partial charge >= 0.3 is 0 Å². The summed E-state index contributed by atoms with van der Waals surface area (Å²) in [6.45, 7) is 0.906. The van der Waals surface area contributed by atoms with E-state index in [2.05, 4.69) is 45.5 Å². The Morgan fingerprint density at radius 1 is 1.00 bits per heavy atom. The molecule has 0 amide bonds. The van der Waals surface area contributed by atoms with E-state index in [0.717, 1.165) is 42.4 Å². The van der Waals surface area contributed by atoms with E-state index in [1.807, 2.05) is 6.07 Å². The predicted molar refractivity (Wildman–Crippen MR) is 97.5 cm³/mol. The molecule has 0 spiro atoms. The fourth-order valence-electron chi connectivity index (χ4n) is 3.51. The van der Waals surface area contributed by atoms with Crippen LogP contribution in [0.2, 0.25) is 0 Å². The number of benzene rings is 1. The van der Waals surface area contributed by atoms with Gasteiger partial charge in [-0.3, -0.25) is 0 Å². The van der Waals surface area contributed by atoms with Crippen molar-refractivity contribution in [2.75, 3.05) is 13.6 Å². The fraction of sp³-hybridized carbons (Fsp3) is 0.150. The number of likely N-dealkylation sites (N-methyl/N-ethyl adjacent to an activating group) is 1. The van der Waals surface area contributed by atoms with Gasteiger partial charge in [0, 0.05) is 25.7 Å². The molecule has 5 nitrogen and oxygen atoms in total. The summed E-state index contributed by atoms with van der Waals surface area (Å²) in [6.07, 6.45) is 7.13. The zero-order chi connectivity index (χ0) is 18.5. The van der Waals surface area contributed by atoms with Gasteiger partial charge in [-0.2, -0.15) is 9.61 Å². The molecule has 27 heavy (non-hydrogen) atoms. The lowest BCUT2D eigenvalue weighted by Crippen LogP contribution is -2.13. The molecule has 0 unspecified atom stereocenters. The van der Waals surface area contributed by atoms with E-state index in [1.165, 1.54) is 15.8 Å². The zero-order valence-corrected chi connectivity index (χ0v) is 14.5. The first-order chi connectivity index (χ1) is 13.1. The number of hydrogen-bond acceptors (Lipinski definition) is 4. The standard InChI is InChI=1S/C20H15F2N5/c1-26-9-8-13-10-12(2-6-18(13)26)17-5-7-19-23-24-20(27(19)25-17)15-11-14(21)3-4-16(15)22/h2-8,11H,9-10H2,1H3. The van der Waals surface area contributed by atoms with Crippen molar-refractivity contribution >= 4 is 11.2 Å². The Morgan fingerprint density at radius 2 is 1.89 bits per heavy atom. The van der Waals surface area contributed by atoms with Gasteiger partial charge in [0.25, 0.3) is 0 Å². The van der Waals surface area contributed by atoms with Gasteiger partial charge in [0.1, 0.15) is 11.6 Å². The summed E-state index contributed by atoms with van der Waals surface area (Å²) in [5, 5.41) is 12.6. The van der Waals surface area contributed by atoms with Gasteiger partial charge in [-0.05, 0) is 47.6 Å². The predicted octanol–water partition coefficient (Wildman–Crippen LogP) is 3.61. The highest BCUT2D eigenvalue weighted by Gasteiger charge is 2.22. The molecule has 1 aliphatic heterocycles. The van der Waals surface area contributed by atoms with Gasteiger partial charge in [-0.1, -0.05) is 12.2 Å². The first kappa shape index (κ1) is 15.9. The van der Waals surface area contributed by atoms with E-state index < -0.39 is 11.6 Å². The third-order valence-corrected chi connectivity index (χ3v) is 4.94. The monoisotopic (exact) mass is 363 g/mol. The van der Waals surface area contributed by atoms with Crippen molar-refractivity contribution in [2.24, 2.45) is 0 Å². The summed E-state index contributed by atoms with van der Waals surface area (Å²) in [5.74, 6) is -0.929. The maximum atomic E-state index is 14.2. The van der Waals surface area contributed by atoms with Crippen LogP contribution < -0.4 is 0 Å². The van der Waals surface area contributed by atoms with E-state index in [9.17, 15) is 8.78 Å². The highest BCUT2D eigenvalue weighted by Crippen LogP contribution is 2.34. The van der Waals surface area contributed by atoms with Crippen molar-refractivity contribution < 1.29 is 8.78 Å². The van der Waals surface area contributed by atoms with Crippen LogP contribution in [-0.4, -0.2) is 38.3 Å². The molecule has 0 saturated heterocycles. The molecule has 7 heteroatoms. The van der Waals surface area contributed by atoms with Crippen LogP contribution in [0.4, 0.5) is 8.78 Å². The summed E-state index contributed by atoms with van der Waals surface area (Å²) in [7, 11) is 2.06. The Balaban J connectivity index is 1.61. The Hall–Kier alpha value is -3.35. The third kappa shape index (κ3) is 2.54. The molecule has 0 saturated carbocycles. The van der Waals surface area contributed by atoms with Crippen LogP contribution in [0, 0.1) is 11.6 Å². The third-order valence-electron chi connectivity index (χ3n) is 4.94. The molecule has 0 bridgehead atoms. The quantitative estimate of drug-likeness (QED) is 0.698. The molecule has 2 aliphatic rings. The largest absolute Gasteiger partial charge is 0.371 e. The Kier molecular flexibility index (Phi) is 3.43. The topological polar surface area (TPSA) is 46.3 Å². The average Bonchev–Trinajstić information content (AvgIpc) is 3.26. The van der Waals surface area contributed by atoms with E-state index in [0.29, 0.717) is 5.65 Å².